The third kappa shape index (κ3) is 3.73. The minimum atomic E-state index is -1.07. The molecule has 0 aliphatic carbocycles. The fourth-order valence-electron chi connectivity index (χ4n) is 3.70. The molecule has 0 saturated heterocycles. The molecule has 142 valence electrons. The Bertz CT molecular complexity index is 828. The number of primary amides is 1. The van der Waals surface area contributed by atoms with Gasteiger partial charge in [-0.3, -0.25) is 9.59 Å². The van der Waals surface area contributed by atoms with E-state index in [1.54, 1.807) is 0 Å². The Morgan fingerprint density at radius 2 is 1.07 bits per heavy atom. The summed E-state index contributed by atoms with van der Waals surface area (Å²) in [5.41, 5.74) is 13.0. The smallest absolute Gasteiger partial charge is 0.217 e. The van der Waals surface area contributed by atoms with Crippen LogP contribution >= 0.6 is 0 Å². The van der Waals surface area contributed by atoms with Crippen molar-refractivity contribution >= 4 is 11.7 Å². The van der Waals surface area contributed by atoms with Crippen LogP contribution in [-0.4, -0.2) is 17.7 Å². The first-order valence-corrected chi connectivity index (χ1v) is 9.31. The van der Waals surface area contributed by atoms with Crippen molar-refractivity contribution in [2.45, 2.75) is 24.3 Å². The second kappa shape index (κ2) is 8.63. The van der Waals surface area contributed by atoms with Gasteiger partial charge in [0, 0.05) is 6.42 Å². The molecule has 3 aromatic rings. The predicted octanol–water partition coefficient (Wildman–Crippen LogP) is 3.18. The maximum absolute atomic E-state index is 13.9. The molecule has 1 amide bonds. The Hall–Kier alpha value is -3.24. The van der Waals surface area contributed by atoms with Crippen LogP contribution in [0.3, 0.4) is 0 Å². The first-order chi connectivity index (χ1) is 13.6. The van der Waals surface area contributed by atoms with Crippen molar-refractivity contribution in [3.8, 4) is 0 Å². The zero-order chi connectivity index (χ0) is 20.0. The first-order valence-electron chi connectivity index (χ1n) is 9.31. The van der Waals surface area contributed by atoms with Gasteiger partial charge in [0.05, 0.1) is 6.04 Å². The number of carbonyl (C=O) groups is 2. The van der Waals surface area contributed by atoms with E-state index in [1.165, 1.54) is 0 Å². The van der Waals surface area contributed by atoms with E-state index in [2.05, 4.69) is 0 Å². The standard InChI is InChI=1S/C24H24N2O2/c25-21(16-17-22(26)27)23(28)24(18-10-4-1-5-11-18,19-12-6-2-7-13-19)20-14-8-3-9-15-20/h1-15,21H,16-17,25H2,(H2,26,27)/t21-/m0/s1. The van der Waals surface area contributed by atoms with Crippen LogP contribution in [-0.2, 0) is 15.0 Å². The summed E-state index contributed by atoms with van der Waals surface area (Å²) in [7, 11) is 0. The van der Waals surface area contributed by atoms with Gasteiger partial charge in [0.2, 0.25) is 5.91 Å². The van der Waals surface area contributed by atoms with Crippen molar-refractivity contribution in [2.24, 2.45) is 11.5 Å². The molecule has 0 bridgehead atoms. The Balaban J connectivity index is 2.25. The van der Waals surface area contributed by atoms with Gasteiger partial charge >= 0.3 is 0 Å². The van der Waals surface area contributed by atoms with Gasteiger partial charge in [-0.1, -0.05) is 91.0 Å². The van der Waals surface area contributed by atoms with Gasteiger partial charge in [0.1, 0.15) is 5.41 Å². The number of rotatable bonds is 8. The molecule has 0 saturated carbocycles. The van der Waals surface area contributed by atoms with E-state index in [9.17, 15) is 9.59 Å². The molecule has 0 unspecified atom stereocenters. The van der Waals surface area contributed by atoms with Gasteiger partial charge in [-0.15, -0.1) is 0 Å². The van der Waals surface area contributed by atoms with Crippen LogP contribution in [0, 0.1) is 0 Å². The van der Waals surface area contributed by atoms with E-state index in [0.29, 0.717) is 0 Å². The fraction of sp³-hybridized carbons (Fsp3) is 0.167. The monoisotopic (exact) mass is 372 g/mol. The lowest BCUT2D eigenvalue weighted by molar-refractivity contribution is -0.123. The maximum Gasteiger partial charge on any atom is 0.217 e. The second-order valence-corrected chi connectivity index (χ2v) is 6.82. The van der Waals surface area contributed by atoms with Crippen molar-refractivity contribution in [1.82, 2.24) is 0 Å². The molecule has 0 aliphatic heterocycles. The van der Waals surface area contributed by atoms with E-state index >= 15 is 0 Å². The highest BCUT2D eigenvalue weighted by Gasteiger charge is 2.45. The summed E-state index contributed by atoms with van der Waals surface area (Å²) >= 11 is 0. The maximum atomic E-state index is 13.9. The highest BCUT2D eigenvalue weighted by molar-refractivity contribution is 6.01. The van der Waals surface area contributed by atoms with Crippen LogP contribution in [0.15, 0.2) is 91.0 Å². The molecule has 0 aromatic heterocycles. The summed E-state index contributed by atoms with van der Waals surface area (Å²) in [6.07, 6.45) is 0.282. The molecule has 1 atom stereocenters. The molecule has 0 aliphatic rings. The van der Waals surface area contributed by atoms with E-state index in [4.69, 9.17) is 11.5 Å². The minimum Gasteiger partial charge on any atom is -0.370 e. The molecule has 3 aromatic carbocycles. The van der Waals surface area contributed by atoms with Crippen LogP contribution in [0.4, 0.5) is 0 Å². The number of ketones is 1. The van der Waals surface area contributed by atoms with Gasteiger partial charge in [-0.05, 0) is 23.1 Å². The van der Waals surface area contributed by atoms with Crippen LogP contribution in [0.25, 0.3) is 0 Å². The number of benzene rings is 3. The molecule has 3 rings (SSSR count). The lowest BCUT2D eigenvalue weighted by Gasteiger charge is -2.36. The molecule has 0 heterocycles. The average molecular weight is 372 g/mol. The van der Waals surface area contributed by atoms with Gasteiger partial charge < -0.3 is 11.5 Å². The van der Waals surface area contributed by atoms with Gasteiger partial charge in [0.25, 0.3) is 0 Å². The molecule has 4 N–H and O–H groups in total. The Morgan fingerprint density at radius 3 is 1.39 bits per heavy atom. The highest BCUT2D eigenvalue weighted by Crippen LogP contribution is 2.41. The Morgan fingerprint density at radius 1 is 0.714 bits per heavy atom. The van der Waals surface area contributed by atoms with Crippen molar-refractivity contribution in [3.05, 3.63) is 108 Å². The van der Waals surface area contributed by atoms with Crippen LogP contribution < -0.4 is 11.5 Å². The Labute approximate surface area is 165 Å². The summed E-state index contributed by atoms with van der Waals surface area (Å²) in [4.78, 5) is 25.1. The SMILES string of the molecule is NC(=O)CC[C@H](N)C(=O)C(c1ccccc1)(c1ccccc1)c1ccccc1. The van der Waals surface area contributed by atoms with Crippen molar-refractivity contribution in [2.75, 3.05) is 0 Å². The second-order valence-electron chi connectivity index (χ2n) is 6.82. The van der Waals surface area contributed by atoms with Gasteiger partial charge in [0.15, 0.2) is 5.78 Å². The zero-order valence-corrected chi connectivity index (χ0v) is 15.6. The van der Waals surface area contributed by atoms with Crippen LogP contribution in [0.1, 0.15) is 29.5 Å². The molecule has 4 heteroatoms. The molecule has 0 spiro atoms. The summed E-state index contributed by atoms with van der Waals surface area (Å²) < 4.78 is 0. The predicted molar refractivity (Wildman–Crippen MR) is 111 cm³/mol. The Kier molecular flexibility index (Phi) is 6.02. The largest absolute Gasteiger partial charge is 0.370 e. The topological polar surface area (TPSA) is 86.2 Å². The summed E-state index contributed by atoms with van der Waals surface area (Å²) in [6.45, 7) is 0. The number of hydrogen-bond acceptors (Lipinski definition) is 3. The minimum absolute atomic E-state index is 0.0708. The van der Waals surface area contributed by atoms with Crippen LogP contribution in [0.5, 0.6) is 0 Å². The van der Waals surface area contributed by atoms with E-state index < -0.39 is 17.4 Å². The number of nitrogens with two attached hydrogens (primary N) is 2. The quantitative estimate of drug-likeness (QED) is 0.596. The molecule has 28 heavy (non-hydrogen) atoms. The first kappa shape index (κ1) is 19.5. The van der Waals surface area contributed by atoms with Gasteiger partial charge in [-0.2, -0.15) is 0 Å². The van der Waals surface area contributed by atoms with Gasteiger partial charge in [-0.25, -0.2) is 0 Å². The van der Waals surface area contributed by atoms with E-state index in [1.807, 2.05) is 91.0 Å². The fourth-order valence-corrected chi connectivity index (χ4v) is 3.70. The molecule has 4 nitrogen and oxygen atoms in total. The zero-order valence-electron chi connectivity index (χ0n) is 15.6. The highest BCUT2D eigenvalue weighted by atomic mass is 16.1. The number of hydrogen-bond donors (Lipinski definition) is 2. The summed E-state index contributed by atoms with van der Waals surface area (Å²) in [5, 5.41) is 0. The third-order valence-corrected chi connectivity index (χ3v) is 5.03. The van der Waals surface area contributed by atoms with E-state index in [-0.39, 0.29) is 18.6 Å². The number of carbonyl (C=O) groups excluding carboxylic acids is 2. The number of amides is 1. The molecular formula is C24H24N2O2. The lowest BCUT2D eigenvalue weighted by Crippen LogP contribution is -2.48. The van der Waals surface area contributed by atoms with Crippen molar-refractivity contribution in [3.63, 3.8) is 0 Å². The third-order valence-electron chi connectivity index (χ3n) is 5.03. The normalized spacial score (nSPS) is 12.3. The van der Waals surface area contributed by atoms with Crippen LogP contribution in [0.2, 0.25) is 0 Å². The summed E-state index contributed by atoms with van der Waals surface area (Å²) in [6, 6.07) is 28.1. The lowest BCUT2D eigenvalue weighted by atomic mass is 9.65. The average Bonchev–Trinajstić information content (AvgIpc) is 2.75. The molecule has 0 fully saturated rings. The van der Waals surface area contributed by atoms with Crippen molar-refractivity contribution in [1.29, 1.82) is 0 Å². The van der Waals surface area contributed by atoms with Crippen molar-refractivity contribution < 1.29 is 9.59 Å². The number of Topliss-reactive ketones (excluding diaryl/α,β-unsaturated/α-hetero) is 1. The van der Waals surface area contributed by atoms with E-state index in [0.717, 1.165) is 16.7 Å². The summed E-state index contributed by atoms with van der Waals surface area (Å²) in [5.74, 6) is -0.620. The molecular weight excluding hydrogens is 348 g/mol. The molecule has 0 radical (unpaired) electrons.